The molecule has 0 aromatic carbocycles. The van der Waals surface area contributed by atoms with Gasteiger partial charge in [0.25, 0.3) is 0 Å². The summed E-state index contributed by atoms with van der Waals surface area (Å²) < 4.78 is 4.81. The third kappa shape index (κ3) is 15.0. The van der Waals surface area contributed by atoms with Crippen molar-refractivity contribution in [3.05, 3.63) is 36.5 Å². The molecule has 22 heavy (non-hydrogen) atoms. The molecule has 0 amide bonds. The fraction of sp³-hybridized carbons (Fsp3) is 0.611. The first kappa shape index (κ1) is 20.6. The van der Waals surface area contributed by atoms with Crippen molar-refractivity contribution >= 4 is 5.97 Å². The van der Waals surface area contributed by atoms with Crippen LogP contribution in [-0.2, 0) is 9.53 Å². The van der Waals surface area contributed by atoms with Gasteiger partial charge in [0.1, 0.15) is 12.7 Å². The molecule has 0 fully saturated rings. The Labute approximate surface area is 134 Å². The molecule has 0 aromatic heterocycles. The molecule has 0 bridgehead atoms. The van der Waals surface area contributed by atoms with Crippen LogP contribution in [0.15, 0.2) is 36.5 Å². The van der Waals surface area contributed by atoms with Gasteiger partial charge in [-0.25, -0.2) is 0 Å². The van der Waals surface area contributed by atoms with Crippen LogP contribution in [0.2, 0.25) is 0 Å². The van der Waals surface area contributed by atoms with Gasteiger partial charge >= 0.3 is 5.97 Å². The predicted octanol–water partition coefficient (Wildman–Crippen LogP) is 3.30. The molecule has 126 valence electrons. The number of ether oxygens (including phenoxy) is 1. The van der Waals surface area contributed by atoms with Crippen LogP contribution in [0, 0.1) is 0 Å². The number of hydrogen-bond acceptors (Lipinski definition) is 4. The maximum Gasteiger partial charge on any atom is 0.305 e. The zero-order valence-corrected chi connectivity index (χ0v) is 13.6. The average molecular weight is 310 g/mol. The number of aliphatic hydroxyl groups excluding tert-OH is 2. The van der Waals surface area contributed by atoms with Crippen LogP contribution in [-0.4, -0.2) is 35.5 Å². The minimum Gasteiger partial charge on any atom is -0.463 e. The van der Waals surface area contributed by atoms with Gasteiger partial charge in [0.05, 0.1) is 6.61 Å². The highest BCUT2D eigenvalue weighted by atomic mass is 16.5. The van der Waals surface area contributed by atoms with E-state index in [4.69, 9.17) is 14.9 Å². The molecule has 0 saturated carbocycles. The Morgan fingerprint density at radius 2 is 1.86 bits per heavy atom. The van der Waals surface area contributed by atoms with E-state index >= 15 is 0 Å². The molecule has 0 rings (SSSR count). The summed E-state index contributed by atoms with van der Waals surface area (Å²) in [6.07, 6.45) is 18.0. The van der Waals surface area contributed by atoms with Crippen molar-refractivity contribution in [2.75, 3.05) is 13.2 Å². The van der Waals surface area contributed by atoms with Gasteiger partial charge in [-0.3, -0.25) is 4.79 Å². The highest BCUT2D eigenvalue weighted by molar-refractivity contribution is 5.69. The van der Waals surface area contributed by atoms with Gasteiger partial charge in [0.2, 0.25) is 0 Å². The van der Waals surface area contributed by atoms with Crippen molar-refractivity contribution in [1.29, 1.82) is 0 Å². The Bertz CT molecular complexity index is 345. The second-order valence-electron chi connectivity index (χ2n) is 5.12. The van der Waals surface area contributed by atoms with Crippen molar-refractivity contribution in [2.45, 2.75) is 58.0 Å². The highest BCUT2D eigenvalue weighted by Crippen LogP contribution is 2.03. The molecule has 1 atom stereocenters. The lowest BCUT2D eigenvalue weighted by Gasteiger charge is -2.07. The lowest BCUT2D eigenvalue weighted by Crippen LogP contribution is -2.21. The van der Waals surface area contributed by atoms with Crippen LogP contribution in [0.5, 0.6) is 0 Å². The normalized spacial score (nSPS) is 13.4. The number of aliphatic hydroxyl groups is 2. The van der Waals surface area contributed by atoms with E-state index in [-0.39, 0.29) is 19.2 Å². The molecule has 0 aliphatic heterocycles. The molecule has 2 N–H and O–H groups in total. The first-order chi connectivity index (χ1) is 10.7. The van der Waals surface area contributed by atoms with E-state index in [2.05, 4.69) is 31.2 Å². The van der Waals surface area contributed by atoms with E-state index in [1.165, 1.54) is 6.42 Å². The zero-order chi connectivity index (χ0) is 16.5. The van der Waals surface area contributed by atoms with Gasteiger partial charge < -0.3 is 14.9 Å². The average Bonchev–Trinajstić information content (AvgIpc) is 2.53. The molecule has 0 spiro atoms. The molecule has 0 aliphatic carbocycles. The smallest absolute Gasteiger partial charge is 0.305 e. The topological polar surface area (TPSA) is 66.8 Å². The molecular weight excluding hydrogens is 280 g/mol. The Hall–Kier alpha value is -1.39. The highest BCUT2D eigenvalue weighted by Gasteiger charge is 2.06. The summed E-state index contributed by atoms with van der Waals surface area (Å²) >= 11 is 0. The zero-order valence-electron chi connectivity index (χ0n) is 13.6. The third-order valence-corrected chi connectivity index (χ3v) is 2.93. The quantitative estimate of drug-likeness (QED) is 0.237. The van der Waals surface area contributed by atoms with Gasteiger partial charge in [0, 0.05) is 6.42 Å². The van der Waals surface area contributed by atoms with Crippen LogP contribution in [0.4, 0.5) is 0 Å². The van der Waals surface area contributed by atoms with E-state index < -0.39 is 6.10 Å². The van der Waals surface area contributed by atoms with Crippen molar-refractivity contribution in [1.82, 2.24) is 0 Å². The number of esters is 1. The van der Waals surface area contributed by atoms with Crippen molar-refractivity contribution in [2.24, 2.45) is 0 Å². The van der Waals surface area contributed by atoms with Gasteiger partial charge in [-0.15, -0.1) is 0 Å². The summed E-state index contributed by atoms with van der Waals surface area (Å²) in [5.41, 5.74) is 0. The largest absolute Gasteiger partial charge is 0.463 e. The Kier molecular flexibility index (Phi) is 15.0. The fourth-order valence-corrected chi connectivity index (χ4v) is 1.64. The molecule has 0 aliphatic rings. The van der Waals surface area contributed by atoms with Crippen LogP contribution >= 0.6 is 0 Å². The maximum absolute atomic E-state index is 11.3. The lowest BCUT2D eigenvalue weighted by atomic mass is 10.2. The molecule has 0 heterocycles. The molecular formula is C18H30O4. The Balaban J connectivity index is 3.46. The second-order valence-corrected chi connectivity index (χ2v) is 5.12. The molecule has 4 nitrogen and oxygen atoms in total. The fourth-order valence-electron chi connectivity index (χ4n) is 1.64. The van der Waals surface area contributed by atoms with Crippen molar-refractivity contribution in [3.63, 3.8) is 0 Å². The minimum atomic E-state index is -0.976. The van der Waals surface area contributed by atoms with Crippen LogP contribution < -0.4 is 0 Å². The first-order valence-electron chi connectivity index (χ1n) is 8.11. The van der Waals surface area contributed by atoms with E-state index in [1.54, 1.807) is 0 Å². The van der Waals surface area contributed by atoms with Crippen molar-refractivity contribution in [3.8, 4) is 0 Å². The van der Waals surface area contributed by atoms with Crippen LogP contribution in [0.25, 0.3) is 0 Å². The molecule has 0 radical (unpaired) electrons. The summed E-state index contributed by atoms with van der Waals surface area (Å²) in [5.74, 6) is -0.324. The molecule has 1 unspecified atom stereocenters. The summed E-state index contributed by atoms with van der Waals surface area (Å²) in [6, 6.07) is 0. The number of carbonyl (C=O) groups is 1. The summed E-state index contributed by atoms with van der Waals surface area (Å²) in [4.78, 5) is 11.3. The van der Waals surface area contributed by atoms with Gasteiger partial charge in [0.15, 0.2) is 0 Å². The van der Waals surface area contributed by atoms with E-state index in [0.29, 0.717) is 6.42 Å². The van der Waals surface area contributed by atoms with Crippen LogP contribution in [0.3, 0.4) is 0 Å². The summed E-state index contributed by atoms with van der Waals surface area (Å²) in [7, 11) is 0. The number of unbranched alkanes of at least 4 members (excludes halogenated alkanes) is 3. The Morgan fingerprint density at radius 1 is 1.09 bits per heavy atom. The SMILES string of the molecule is CCCC=CCC=CC=CCCCCC(=O)OCC(O)CO. The van der Waals surface area contributed by atoms with Gasteiger partial charge in [-0.1, -0.05) is 49.8 Å². The van der Waals surface area contributed by atoms with E-state index in [1.807, 2.05) is 12.2 Å². The standard InChI is InChI=1S/C18H30O4/c1-2-3-4-5-6-7-8-9-10-11-12-13-14-18(21)22-16-17(20)15-19/h4-5,7-10,17,19-20H,2-3,6,11-16H2,1H3. The van der Waals surface area contributed by atoms with Gasteiger partial charge in [-0.05, 0) is 32.1 Å². The monoisotopic (exact) mass is 310 g/mol. The van der Waals surface area contributed by atoms with Gasteiger partial charge in [-0.2, -0.15) is 0 Å². The number of carbonyl (C=O) groups excluding carboxylic acids is 1. The Morgan fingerprint density at radius 3 is 2.59 bits per heavy atom. The molecule has 4 heteroatoms. The van der Waals surface area contributed by atoms with Crippen molar-refractivity contribution < 1.29 is 19.7 Å². The maximum atomic E-state index is 11.3. The molecule has 0 saturated heterocycles. The summed E-state index contributed by atoms with van der Waals surface area (Å²) in [6.45, 7) is 1.65. The van der Waals surface area contributed by atoms with E-state index in [9.17, 15) is 4.79 Å². The third-order valence-electron chi connectivity index (χ3n) is 2.93. The number of allylic oxidation sites excluding steroid dienone is 6. The first-order valence-corrected chi connectivity index (χ1v) is 8.11. The number of rotatable bonds is 13. The molecule has 0 aromatic rings. The number of hydrogen-bond donors (Lipinski definition) is 2. The lowest BCUT2D eigenvalue weighted by molar-refractivity contribution is -0.147. The minimum absolute atomic E-state index is 0.132. The second kappa shape index (κ2) is 16.0. The van der Waals surface area contributed by atoms with Crippen LogP contribution in [0.1, 0.15) is 51.9 Å². The predicted molar refractivity (Wildman–Crippen MR) is 89.5 cm³/mol. The van der Waals surface area contributed by atoms with E-state index in [0.717, 1.165) is 32.1 Å². The summed E-state index contributed by atoms with van der Waals surface area (Å²) in [5, 5.41) is 17.6.